The Morgan fingerprint density at radius 3 is 2.79 bits per heavy atom. The second-order valence-electron chi connectivity index (χ2n) is 2.99. The summed E-state index contributed by atoms with van der Waals surface area (Å²) in [6, 6.07) is 9.25. The van der Waals surface area contributed by atoms with E-state index in [-0.39, 0.29) is 6.10 Å². The normalized spacial score (nSPS) is 11.8. The molecule has 0 bridgehead atoms. The molecule has 1 rings (SSSR count). The number of ether oxygens (including phenoxy) is 2. The predicted molar refractivity (Wildman–Crippen MR) is 53.1 cm³/mol. The summed E-state index contributed by atoms with van der Waals surface area (Å²) in [7, 11) is 1.62. The summed E-state index contributed by atoms with van der Waals surface area (Å²) in [5.74, 6) is 0.611. The minimum absolute atomic E-state index is 0.0468. The molecule has 1 atom stereocenters. The van der Waals surface area contributed by atoms with Gasteiger partial charge >= 0.3 is 0 Å². The van der Waals surface area contributed by atoms with E-state index in [1.165, 1.54) is 0 Å². The van der Waals surface area contributed by atoms with Crippen LogP contribution in [0.1, 0.15) is 12.5 Å². The lowest BCUT2D eigenvalue weighted by Gasteiger charge is -2.14. The third-order valence-corrected chi connectivity index (χ3v) is 1.74. The molecule has 0 saturated heterocycles. The second kappa shape index (κ2) is 5.25. The Hall–Kier alpha value is -1.53. The first kappa shape index (κ1) is 10.6. The minimum atomic E-state index is -0.0468. The Kier molecular flexibility index (Phi) is 3.96. The van der Waals surface area contributed by atoms with Crippen LogP contribution in [0.5, 0.6) is 5.75 Å². The number of methoxy groups -OCH3 is 1. The summed E-state index contributed by atoms with van der Waals surface area (Å²) in [6.45, 7) is 2.41. The first-order chi connectivity index (χ1) is 6.77. The summed E-state index contributed by atoms with van der Waals surface area (Å²) in [6.07, 6.45) is -0.0468. The van der Waals surface area contributed by atoms with Gasteiger partial charge < -0.3 is 9.47 Å². The Labute approximate surface area is 83.9 Å². The lowest BCUT2D eigenvalue weighted by molar-refractivity contribution is 0.0919. The van der Waals surface area contributed by atoms with Crippen molar-refractivity contribution in [2.75, 3.05) is 13.7 Å². The summed E-state index contributed by atoms with van der Waals surface area (Å²) >= 11 is 0. The molecule has 74 valence electrons. The van der Waals surface area contributed by atoms with Crippen LogP contribution in [0.4, 0.5) is 0 Å². The SMILES string of the molecule is COCC(C)Oc1ccccc1C#N. The molecule has 1 aromatic rings. The third kappa shape index (κ3) is 2.75. The van der Waals surface area contributed by atoms with Gasteiger partial charge in [-0.2, -0.15) is 5.26 Å². The van der Waals surface area contributed by atoms with Crippen molar-refractivity contribution < 1.29 is 9.47 Å². The van der Waals surface area contributed by atoms with Gasteiger partial charge in [-0.15, -0.1) is 0 Å². The van der Waals surface area contributed by atoms with Gasteiger partial charge in [0.05, 0.1) is 12.2 Å². The van der Waals surface area contributed by atoms with Gasteiger partial charge in [0.25, 0.3) is 0 Å². The van der Waals surface area contributed by atoms with E-state index in [0.717, 1.165) is 0 Å². The van der Waals surface area contributed by atoms with Crippen LogP contribution in [-0.2, 0) is 4.74 Å². The van der Waals surface area contributed by atoms with Gasteiger partial charge in [-0.25, -0.2) is 0 Å². The highest BCUT2D eigenvalue weighted by molar-refractivity contribution is 5.42. The van der Waals surface area contributed by atoms with Crippen LogP contribution in [0.2, 0.25) is 0 Å². The van der Waals surface area contributed by atoms with E-state index in [1.54, 1.807) is 19.2 Å². The van der Waals surface area contributed by atoms with E-state index in [9.17, 15) is 0 Å². The van der Waals surface area contributed by atoms with Gasteiger partial charge in [-0.1, -0.05) is 12.1 Å². The average Bonchev–Trinajstić information content (AvgIpc) is 2.19. The Morgan fingerprint density at radius 1 is 1.43 bits per heavy atom. The number of nitrogens with zero attached hydrogens (tertiary/aromatic N) is 1. The summed E-state index contributed by atoms with van der Waals surface area (Å²) in [5.41, 5.74) is 0.551. The van der Waals surface area contributed by atoms with Crippen molar-refractivity contribution in [1.29, 1.82) is 5.26 Å². The number of hydrogen-bond donors (Lipinski definition) is 0. The largest absolute Gasteiger partial charge is 0.487 e. The topological polar surface area (TPSA) is 42.2 Å². The summed E-state index contributed by atoms with van der Waals surface area (Å²) < 4.78 is 10.5. The zero-order chi connectivity index (χ0) is 10.4. The highest BCUT2D eigenvalue weighted by Gasteiger charge is 2.06. The molecule has 0 aliphatic carbocycles. The molecule has 0 spiro atoms. The van der Waals surface area contributed by atoms with Crippen LogP contribution in [-0.4, -0.2) is 19.8 Å². The average molecular weight is 191 g/mol. The van der Waals surface area contributed by atoms with Crippen molar-refractivity contribution in [2.45, 2.75) is 13.0 Å². The van der Waals surface area contributed by atoms with E-state index >= 15 is 0 Å². The van der Waals surface area contributed by atoms with Gasteiger partial charge in [0.15, 0.2) is 0 Å². The van der Waals surface area contributed by atoms with Crippen LogP contribution in [0, 0.1) is 11.3 Å². The van der Waals surface area contributed by atoms with Crippen molar-refractivity contribution in [2.24, 2.45) is 0 Å². The predicted octanol–water partition coefficient (Wildman–Crippen LogP) is 1.97. The molecule has 0 fully saturated rings. The number of para-hydroxylation sites is 1. The first-order valence-electron chi connectivity index (χ1n) is 4.42. The fraction of sp³-hybridized carbons (Fsp3) is 0.364. The lowest BCUT2D eigenvalue weighted by atomic mass is 10.2. The lowest BCUT2D eigenvalue weighted by Crippen LogP contribution is -2.18. The fourth-order valence-corrected chi connectivity index (χ4v) is 1.15. The fourth-order valence-electron chi connectivity index (χ4n) is 1.15. The van der Waals surface area contributed by atoms with Gasteiger partial charge in [-0.3, -0.25) is 0 Å². The van der Waals surface area contributed by atoms with Gasteiger partial charge in [0.2, 0.25) is 0 Å². The zero-order valence-corrected chi connectivity index (χ0v) is 8.36. The van der Waals surface area contributed by atoms with E-state index in [0.29, 0.717) is 17.9 Å². The highest BCUT2D eigenvalue weighted by atomic mass is 16.5. The minimum Gasteiger partial charge on any atom is -0.487 e. The standard InChI is InChI=1S/C11H13NO2/c1-9(8-13-2)14-11-6-4-3-5-10(11)7-12/h3-6,9H,8H2,1-2H3. The first-order valence-corrected chi connectivity index (χ1v) is 4.42. The maximum absolute atomic E-state index is 8.80. The quantitative estimate of drug-likeness (QED) is 0.730. The third-order valence-electron chi connectivity index (χ3n) is 1.74. The summed E-state index contributed by atoms with van der Waals surface area (Å²) in [5, 5.41) is 8.80. The van der Waals surface area contributed by atoms with Crippen molar-refractivity contribution >= 4 is 0 Å². The molecule has 1 unspecified atom stereocenters. The Morgan fingerprint density at radius 2 is 2.14 bits per heavy atom. The number of hydrogen-bond acceptors (Lipinski definition) is 3. The number of rotatable bonds is 4. The molecule has 14 heavy (non-hydrogen) atoms. The molecule has 0 radical (unpaired) electrons. The van der Waals surface area contributed by atoms with Gasteiger partial charge in [-0.05, 0) is 19.1 Å². The van der Waals surface area contributed by atoms with Gasteiger partial charge in [0.1, 0.15) is 17.9 Å². The van der Waals surface area contributed by atoms with Crippen molar-refractivity contribution in [1.82, 2.24) is 0 Å². The summed E-state index contributed by atoms with van der Waals surface area (Å²) in [4.78, 5) is 0. The van der Waals surface area contributed by atoms with Crippen molar-refractivity contribution in [3.63, 3.8) is 0 Å². The van der Waals surface area contributed by atoms with Crippen LogP contribution < -0.4 is 4.74 Å². The van der Waals surface area contributed by atoms with Crippen molar-refractivity contribution in [3.8, 4) is 11.8 Å². The second-order valence-corrected chi connectivity index (χ2v) is 2.99. The van der Waals surface area contributed by atoms with E-state index in [4.69, 9.17) is 14.7 Å². The molecule has 0 saturated carbocycles. The molecule has 0 amide bonds. The molecule has 0 heterocycles. The zero-order valence-electron chi connectivity index (χ0n) is 8.36. The van der Waals surface area contributed by atoms with E-state index < -0.39 is 0 Å². The van der Waals surface area contributed by atoms with Crippen LogP contribution in [0.15, 0.2) is 24.3 Å². The number of nitriles is 1. The molecule has 0 aliphatic rings. The molecule has 0 aromatic heterocycles. The van der Waals surface area contributed by atoms with Crippen molar-refractivity contribution in [3.05, 3.63) is 29.8 Å². The molecular weight excluding hydrogens is 178 g/mol. The molecule has 3 heteroatoms. The maximum atomic E-state index is 8.80. The Bertz CT molecular complexity index is 330. The molecule has 3 nitrogen and oxygen atoms in total. The molecule has 0 N–H and O–H groups in total. The van der Waals surface area contributed by atoms with Crippen LogP contribution in [0.25, 0.3) is 0 Å². The number of benzene rings is 1. The molecule has 0 aliphatic heterocycles. The van der Waals surface area contributed by atoms with Crippen LogP contribution in [0.3, 0.4) is 0 Å². The molecular formula is C11H13NO2. The van der Waals surface area contributed by atoms with E-state index in [2.05, 4.69) is 6.07 Å². The maximum Gasteiger partial charge on any atom is 0.137 e. The molecule has 1 aromatic carbocycles. The van der Waals surface area contributed by atoms with Gasteiger partial charge in [0, 0.05) is 7.11 Å². The Balaban J connectivity index is 2.71. The smallest absolute Gasteiger partial charge is 0.137 e. The van der Waals surface area contributed by atoms with Crippen LogP contribution >= 0.6 is 0 Å². The monoisotopic (exact) mass is 191 g/mol. The van der Waals surface area contributed by atoms with E-state index in [1.807, 2.05) is 19.1 Å². The highest BCUT2D eigenvalue weighted by Crippen LogP contribution is 2.17.